The molecule has 3 N–H and O–H groups in total. The molecule has 0 heterocycles. The van der Waals surface area contributed by atoms with Gasteiger partial charge in [-0.05, 0) is 24.1 Å². The first kappa shape index (κ1) is 11.4. The standard InChI is InChI=1S/C11H16N2O2/c1-8(2)7-13(11(14)15)10-5-3-4-9(12)6-10/h3-6,8H,7,12H2,1-2H3,(H,14,15). The van der Waals surface area contributed by atoms with Crippen molar-refractivity contribution in [3.63, 3.8) is 0 Å². The third-order valence-electron chi connectivity index (χ3n) is 1.96. The molecule has 4 heteroatoms. The summed E-state index contributed by atoms with van der Waals surface area (Å²) in [6, 6.07) is 6.89. The summed E-state index contributed by atoms with van der Waals surface area (Å²) in [6.45, 7) is 4.42. The van der Waals surface area contributed by atoms with Crippen molar-refractivity contribution in [2.45, 2.75) is 13.8 Å². The van der Waals surface area contributed by atoms with E-state index in [9.17, 15) is 4.79 Å². The fourth-order valence-electron chi connectivity index (χ4n) is 1.35. The first-order chi connectivity index (χ1) is 7.00. The van der Waals surface area contributed by atoms with Crippen molar-refractivity contribution in [1.29, 1.82) is 0 Å². The van der Waals surface area contributed by atoms with E-state index in [1.807, 2.05) is 13.8 Å². The highest BCUT2D eigenvalue weighted by Gasteiger charge is 2.15. The summed E-state index contributed by atoms with van der Waals surface area (Å²) in [5.74, 6) is 0.280. The monoisotopic (exact) mass is 208 g/mol. The van der Waals surface area contributed by atoms with Crippen LogP contribution < -0.4 is 10.6 Å². The minimum Gasteiger partial charge on any atom is -0.465 e. The molecule has 0 aliphatic heterocycles. The zero-order valence-corrected chi connectivity index (χ0v) is 8.97. The molecule has 0 saturated carbocycles. The molecule has 0 radical (unpaired) electrons. The summed E-state index contributed by atoms with van der Waals surface area (Å²) in [5.41, 5.74) is 6.80. The molecular formula is C11H16N2O2. The first-order valence-electron chi connectivity index (χ1n) is 4.86. The number of carboxylic acid groups (broad SMARTS) is 1. The third kappa shape index (κ3) is 3.16. The molecule has 0 spiro atoms. The van der Waals surface area contributed by atoms with E-state index < -0.39 is 6.09 Å². The lowest BCUT2D eigenvalue weighted by molar-refractivity contribution is 0.201. The maximum Gasteiger partial charge on any atom is 0.411 e. The van der Waals surface area contributed by atoms with E-state index in [2.05, 4.69) is 0 Å². The lowest BCUT2D eigenvalue weighted by atomic mass is 10.2. The van der Waals surface area contributed by atoms with E-state index in [-0.39, 0.29) is 5.92 Å². The highest BCUT2D eigenvalue weighted by atomic mass is 16.4. The molecule has 1 aromatic carbocycles. The minimum atomic E-state index is -0.950. The van der Waals surface area contributed by atoms with Crippen LogP contribution in [-0.2, 0) is 0 Å². The van der Waals surface area contributed by atoms with Crippen LogP contribution in [0.15, 0.2) is 24.3 Å². The Hall–Kier alpha value is -1.71. The Morgan fingerprint density at radius 3 is 2.67 bits per heavy atom. The first-order valence-corrected chi connectivity index (χ1v) is 4.86. The number of nitrogens with zero attached hydrogens (tertiary/aromatic N) is 1. The van der Waals surface area contributed by atoms with Crippen LogP contribution in [-0.4, -0.2) is 17.7 Å². The number of nitrogen functional groups attached to an aromatic ring is 1. The topological polar surface area (TPSA) is 66.6 Å². The highest BCUT2D eigenvalue weighted by molar-refractivity contribution is 5.86. The van der Waals surface area contributed by atoms with Gasteiger partial charge in [0.1, 0.15) is 0 Å². The third-order valence-corrected chi connectivity index (χ3v) is 1.96. The molecule has 0 aliphatic carbocycles. The molecular weight excluding hydrogens is 192 g/mol. The van der Waals surface area contributed by atoms with Gasteiger partial charge in [-0.25, -0.2) is 4.79 Å². The van der Waals surface area contributed by atoms with Gasteiger partial charge >= 0.3 is 6.09 Å². The zero-order chi connectivity index (χ0) is 11.4. The van der Waals surface area contributed by atoms with Crippen LogP contribution >= 0.6 is 0 Å². The molecule has 0 fully saturated rings. The summed E-state index contributed by atoms with van der Waals surface area (Å²) < 4.78 is 0. The van der Waals surface area contributed by atoms with E-state index in [1.165, 1.54) is 4.90 Å². The number of benzene rings is 1. The van der Waals surface area contributed by atoms with Crippen molar-refractivity contribution in [2.24, 2.45) is 5.92 Å². The summed E-state index contributed by atoms with van der Waals surface area (Å²) in [5, 5.41) is 9.05. The van der Waals surface area contributed by atoms with Crippen LogP contribution in [0.2, 0.25) is 0 Å². The van der Waals surface area contributed by atoms with Crippen LogP contribution in [0.3, 0.4) is 0 Å². The van der Waals surface area contributed by atoms with Crippen LogP contribution in [0.4, 0.5) is 16.2 Å². The second kappa shape index (κ2) is 4.68. The predicted octanol–water partition coefficient (Wildman–Crippen LogP) is 2.41. The van der Waals surface area contributed by atoms with E-state index in [0.717, 1.165) is 0 Å². The Morgan fingerprint density at radius 1 is 1.53 bits per heavy atom. The van der Waals surface area contributed by atoms with Crippen molar-refractivity contribution < 1.29 is 9.90 Å². The Kier molecular flexibility index (Phi) is 3.55. The lowest BCUT2D eigenvalue weighted by Crippen LogP contribution is -2.32. The van der Waals surface area contributed by atoms with E-state index in [1.54, 1.807) is 24.3 Å². The van der Waals surface area contributed by atoms with Gasteiger partial charge in [0.05, 0.1) is 0 Å². The van der Waals surface area contributed by atoms with Crippen molar-refractivity contribution in [3.05, 3.63) is 24.3 Å². The van der Waals surface area contributed by atoms with Gasteiger partial charge in [0.25, 0.3) is 0 Å². The van der Waals surface area contributed by atoms with Crippen LogP contribution in [0.5, 0.6) is 0 Å². The molecule has 15 heavy (non-hydrogen) atoms. The Morgan fingerprint density at radius 2 is 2.20 bits per heavy atom. The Labute approximate surface area is 89.3 Å². The summed E-state index contributed by atoms with van der Waals surface area (Å²) in [4.78, 5) is 12.3. The maximum atomic E-state index is 11.0. The number of carbonyl (C=O) groups is 1. The normalized spacial score (nSPS) is 10.3. The van der Waals surface area contributed by atoms with E-state index in [4.69, 9.17) is 10.8 Å². The van der Waals surface area contributed by atoms with Crippen molar-refractivity contribution in [3.8, 4) is 0 Å². The molecule has 1 rings (SSSR count). The van der Waals surface area contributed by atoms with E-state index >= 15 is 0 Å². The van der Waals surface area contributed by atoms with Gasteiger partial charge < -0.3 is 10.8 Å². The van der Waals surface area contributed by atoms with Gasteiger partial charge in [-0.2, -0.15) is 0 Å². The summed E-state index contributed by atoms with van der Waals surface area (Å²) in [7, 11) is 0. The van der Waals surface area contributed by atoms with Crippen molar-refractivity contribution in [1.82, 2.24) is 0 Å². The molecule has 1 amide bonds. The average Bonchev–Trinajstić information content (AvgIpc) is 2.13. The molecule has 0 unspecified atom stereocenters. The van der Waals surface area contributed by atoms with Crippen LogP contribution in [0.1, 0.15) is 13.8 Å². The maximum absolute atomic E-state index is 11.0. The molecule has 1 aromatic rings. The second-order valence-corrected chi connectivity index (χ2v) is 3.88. The fourth-order valence-corrected chi connectivity index (χ4v) is 1.35. The van der Waals surface area contributed by atoms with Gasteiger partial charge in [0.2, 0.25) is 0 Å². The number of amides is 1. The summed E-state index contributed by atoms with van der Waals surface area (Å²) in [6.07, 6.45) is -0.950. The number of anilines is 2. The smallest absolute Gasteiger partial charge is 0.411 e. The number of nitrogens with two attached hydrogens (primary N) is 1. The van der Waals surface area contributed by atoms with Crippen molar-refractivity contribution >= 4 is 17.5 Å². The summed E-state index contributed by atoms with van der Waals surface area (Å²) >= 11 is 0. The quantitative estimate of drug-likeness (QED) is 0.749. The van der Waals surface area contributed by atoms with Gasteiger partial charge in [-0.1, -0.05) is 19.9 Å². The average molecular weight is 208 g/mol. The molecule has 0 aliphatic rings. The molecule has 0 aromatic heterocycles. The van der Waals surface area contributed by atoms with Crippen molar-refractivity contribution in [2.75, 3.05) is 17.2 Å². The number of rotatable bonds is 3. The van der Waals surface area contributed by atoms with Crippen LogP contribution in [0.25, 0.3) is 0 Å². The number of hydrogen-bond donors (Lipinski definition) is 2. The SMILES string of the molecule is CC(C)CN(C(=O)O)c1cccc(N)c1. The molecule has 0 atom stereocenters. The number of hydrogen-bond acceptors (Lipinski definition) is 2. The lowest BCUT2D eigenvalue weighted by Gasteiger charge is -2.21. The fraction of sp³-hybridized carbons (Fsp3) is 0.364. The van der Waals surface area contributed by atoms with E-state index in [0.29, 0.717) is 17.9 Å². The highest BCUT2D eigenvalue weighted by Crippen LogP contribution is 2.18. The molecule has 4 nitrogen and oxygen atoms in total. The largest absolute Gasteiger partial charge is 0.465 e. The molecule has 82 valence electrons. The molecule has 0 bridgehead atoms. The predicted molar refractivity (Wildman–Crippen MR) is 61.1 cm³/mol. The van der Waals surface area contributed by atoms with Gasteiger partial charge in [-0.3, -0.25) is 4.90 Å². The zero-order valence-electron chi connectivity index (χ0n) is 8.97. The van der Waals surface area contributed by atoms with Crippen LogP contribution in [0, 0.1) is 5.92 Å². The minimum absolute atomic E-state index is 0.280. The Bertz CT molecular complexity index is 350. The van der Waals surface area contributed by atoms with Gasteiger partial charge in [0.15, 0.2) is 0 Å². The second-order valence-electron chi connectivity index (χ2n) is 3.88. The molecule has 0 saturated heterocycles. The van der Waals surface area contributed by atoms with Gasteiger partial charge in [-0.15, -0.1) is 0 Å². The van der Waals surface area contributed by atoms with Gasteiger partial charge in [0, 0.05) is 17.9 Å². The Balaban J connectivity index is 2.94.